The van der Waals surface area contributed by atoms with Crippen LogP contribution in [0, 0.1) is 0 Å². The van der Waals surface area contributed by atoms with E-state index in [1.807, 2.05) is 0 Å². The lowest BCUT2D eigenvalue weighted by atomic mass is 10.1. The Kier molecular flexibility index (Phi) is 8.83. The summed E-state index contributed by atoms with van der Waals surface area (Å²) in [6.45, 7) is -1.58. The average Bonchev–Trinajstić information content (AvgIpc) is 2.83. The van der Waals surface area contributed by atoms with E-state index in [1.54, 1.807) is 0 Å². The molecule has 0 radical (unpaired) electrons. The quantitative estimate of drug-likeness (QED) is 0.264. The number of aliphatic hydroxyl groups is 1. The fourth-order valence-corrected chi connectivity index (χ4v) is 3.26. The van der Waals surface area contributed by atoms with Crippen LogP contribution in [-0.2, 0) is 12.7 Å². The standard InChI is InChI=1S/C24H18F10N2O3/c25-21(26)24(33,34)39-17-6-1-3-14(9-17)12-36(13-20(37)23(30,31)32)15-4-2-5-16(10-15)38-19-7-8-35-11-18(19)22(27,28)29/h1-11,20-21,37H,12-13H2/t20-/m1/s1. The Bertz CT molecular complexity index is 1250. The highest BCUT2D eigenvalue weighted by Gasteiger charge is 2.44. The molecule has 0 bridgehead atoms. The fraction of sp³-hybridized carbons (Fsp3) is 0.292. The third-order valence-electron chi connectivity index (χ3n) is 5.05. The number of halogens is 10. The van der Waals surface area contributed by atoms with Crippen LogP contribution in [0.25, 0.3) is 0 Å². The van der Waals surface area contributed by atoms with Crippen molar-refractivity contribution in [2.75, 3.05) is 11.4 Å². The molecule has 0 saturated carbocycles. The third kappa shape index (κ3) is 8.12. The van der Waals surface area contributed by atoms with Gasteiger partial charge in [0, 0.05) is 30.7 Å². The van der Waals surface area contributed by atoms with Crippen LogP contribution in [0.3, 0.4) is 0 Å². The van der Waals surface area contributed by atoms with Crippen LogP contribution in [0.4, 0.5) is 49.6 Å². The van der Waals surface area contributed by atoms with Gasteiger partial charge in [-0.3, -0.25) is 4.98 Å². The summed E-state index contributed by atoms with van der Waals surface area (Å²) in [7, 11) is 0. The molecule has 1 atom stereocenters. The molecule has 0 spiro atoms. The second kappa shape index (κ2) is 11.6. The Labute approximate surface area is 214 Å². The van der Waals surface area contributed by atoms with E-state index in [1.165, 1.54) is 24.3 Å². The van der Waals surface area contributed by atoms with Gasteiger partial charge in [-0.25, -0.2) is 0 Å². The first kappa shape index (κ1) is 29.8. The second-order valence-corrected chi connectivity index (χ2v) is 8.02. The molecule has 0 aliphatic carbocycles. The molecule has 0 aliphatic rings. The van der Waals surface area contributed by atoms with Crippen molar-refractivity contribution >= 4 is 5.69 Å². The van der Waals surface area contributed by atoms with E-state index in [9.17, 15) is 49.0 Å². The van der Waals surface area contributed by atoms with E-state index in [-0.39, 0.29) is 17.0 Å². The van der Waals surface area contributed by atoms with Crippen LogP contribution in [0.15, 0.2) is 67.0 Å². The molecule has 0 saturated heterocycles. The molecule has 5 nitrogen and oxygen atoms in total. The molecule has 3 aromatic rings. The SMILES string of the molecule is O[C@H](CN(Cc1cccc(OC(F)(F)C(F)F)c1)c1cccc(Oc2ccncc2C(F)(F)F)c1)C(F)(F)F. The molecule has 3 rings (SSSR count). The largest absolute Gasteiger partial charge is 0.461 e. The predicted molar refractivity (Wildman–Crippen MR) is 117 cm³/mol. The van der Waals surface area contributed by atoms with E-state index in [0.29, 0.717) is 6.20 Å². The normalized spacial score (nSPS) is 13.3. The molecule has 1 heterocycles. The molecule has 0 unspecified atom stereocenters. The van der Waals surface area contributed by atoms with Gasteiger partial charge in [0.15, 0.2) is 6.10 Å². The van der Waals surface area contributed by atoms with Gasteiger partial charge in [-0.15, -0.1) is 0 Å². The Balaban J connectivity index is 1.93. The summed E-state index contributed by atoms with van der Waals surface area (Å²) in [5.74, 6) is -1.56. The number of alkyl halides is 10. The first-order chi connectivity index (χ1) is 18.1. The van der Waals surface area contributed by atoms with Crippen molar-refractivity contribution < 1.29 is 58.5 Å². The van der Waals surface area contributed by atoms with Gasteiger partial charge in [-0.05, 0) is 35.9 Å². The van der Waals surface area contributed by atoms with Crippen LogP contribution in [0.2, 0.25) is 0 Å². The number of hydrogen-bond acceptors (Lipinski definition) is 5. The van der Waals surface area contributed by atoms with Crippen molar-refractivity contribution in [3.8, 4) is 17.2 Å². The van der Waals surface area contributed by atoms with E-state index in [2.05, 4.69) is 9.72 Å². The van der Waals surface area contributed by atoms with Gasteiger partial charge in [-0.1, -0.05) is 18.2 Å². The molecular weight excluding hydrogens is 554 g/mol. The molecule has 0 fully saturated rings. The second-order valence-electron chi connectivity index (χ2n) is 8.02. The number of ether oxygens (including phenoxy) is 2. The van der Waals surface area contributed by atoms with Gasteiger partial charge < -0.3 is 19.5 Å². The summed E-state index contributed by atoms with van der Waals surface area (Å²) in [4.78, 5) is 4.34. The molecular formula is C24H18F10N2O3. The number of rotatable bonds is 10. The monoisotopic (exact) mass is 572 g/mol. The zero-order chi connectivity index (χ0) is 29.0. The van der Waals surface area contributed by atoms with E-state index >= 15 is 0 Å². The smallest absolute Gasteiger partial charge is 0.457 e. The van der Waals surface area contributed by atoms with Gasteiger partial charge in [0.05, 0.1) is 6.54 Å². The number of anilines is 1. The van der Waals surface area contributed by atoms with Gasteiger partial charge in [-0.2, -0.15) is 43.9 Å². The first-order valence-electron chi connectivity index (χ1n) is 10.8. The maximum Gasteiger partial charge on any atom is 0.461 e. The van der Waals surface area contributed by atoms with Gasteiger partial charge in [0.25, 0.3) is 0 Å². The molecule has 1 N–H and O–H groups in total. The van der Waals surface area contributed by atoms with E-state index in [4.69, 9.17) is 4.74 Å². The minimum Gasteiger partial charge on any atom is -0.457 e. The number of hydrogen-bond donors (Lipinski definition) is 1. The first-order valence-corrected chi connectivity index (χ1v) is 10.8. The summed E-state index contributed by atoms with van der Waals surface area (Å²) >= 11 is 0. The van der Waals surface area contributed by atoms with Crippen molar-refractivity contribution in [1.82, 2.24) is 4.98 Å². The summed E-state index contributed by atoms with van der Waals surface area (Å²) in [6.07, 6.45) is -20.2. The Morgan fingerprint density at radius 3 is 2.18 bits per heavy atom. The molecule has 2 aromatic carbocycles. The van der Waals surface area contributed by atoms with Crippen molar-refractivity contribution in [2.24, 2.45) is 0 Å². The summed E-state index contributed by atoms with van der Waals surface area (Å²) in [5.41, 5.74) is -1.26. The lowest BCUT2D eigenvalue weighted by Gasteiger charge is -2.29. The number of aliphatic hydroxyl groups excluding tert-OH is 1. The van der Waals surface area contributed by atoms with E-state index in [0.717, 1.165) is 41.4 Å². The van der Waals surface area contributed by atoms with Crippen LogP contribution in [0.1, 0.15) is 11.1 Å². The van der Waals surface area contributed by atoms with Gasteiger partial charge in [0.1, 0.15) is 22.8 Å². The maximum atomic E-state index is 13.3. The predicted octanol–water partition coefficient (Wildman–Crippen LogP) is 7.06. The zero-order valence-corrected chi connectivity index (χ0v) is 19.4. The number of pyridine rings is 1. The Hall–Kier alpha value is -3.75. The molecule has 15 heteroatoms. The summed E-state index contributed by atoms with van der Waals surface area (Å²) in [5, 5.41) is 9.66. The van der Waals surface area contributed by atoms with Crippen molar-refractivity contribution in [1.29, 1.82) is 0 Å². The van der Waals surface area contributed by atoms with Gasteiger partial charge in [0.2, 0.25) is 0 Å². The number of aromatic nitrogens is 1. The molecule has 212 valence electrons. The lowest BCUT2D eigenvalue weighted by Crippen LogP contribution is -2.40. The third-order valence-corrected chi connectivity index (χ3v) is 5.05. The highest BCUT2D eigenvalue weighted by atomic mass is 19.4. The van der Waals surface area contributed by atoms with Crippen LogP contribution in [-0.4, -0.2) is 41.4 Å². The van der Waals surface area contributed by atoms with Crippen molar-refractivity contribution in [3.63, 3.8) is 0 Å². The highest BCUT2D eigenvalue weighted by Crippen LogP contribution is 2.38. The minimum atomic E-state index is -5.06. The topological polar surface area (TPSA) is 54.8 Å². The number of nitrogens with zero attached hydrogens (tertiary/aromatic N) is 2. The van der Waals surface area contributed by atoms with Crippen LogP contribution in [0.5, 0.6) is 17.2 Å². The van der Waals surface area contributed by atoms with Gasteiger partial charge >= 0.3 is 24.9 Å². The molecule has 0 aliphatic heterocycles. The number of benzene rings is 2. The Morgan fingerprint density at radius 2 is 1.54 bits per heavy atom. The zero-order valence-electron chi connectivity index (χ0n) is 19.4. The molecule has 0 amide bonds. The van der Waals surface area contributed by atoms with Crippen LogP contribution < -0.4 is 14.4 Å². The highest BCUT2D eigenvalue weighted by molar-refractivity contribution is 5.53. The summed E-state index contributed by atoms with van der Waals surface area (Å²) < 4.78 is 140. The average molecular weight is 572 g/mol. The Morgan fingerprint density at radius 1 is 0.872 bits per heavy atom. The molecule has 1 aromatic heterocycles. The minimum absolute atomic E-state index is 0.0201. The fourth-order valence-electron chi connectivity index (χ4n) is 3.26. The lowest BCUT2D eigenvalue weighted by molar-refractivity contribution is -0.253. The van der Waals surface area contributed by atoms with Crippen molar-refractivity contribution in [2.45, 2.75) is 37.5 Å². The van der Waals surface area contributed by atoms with Crippen molar-refractivity contribution in [3.05, 3.63) is 78.1 Å². The summed E-state index contributed by atoms with van der Waals surface area (Å²) in [6, 6.07) is 9.98. The maximum absolute atomic E-state index is 13.3. The van der Waals surface area contributed by atoms with E-state index < -0.39 is 61.1 Å². The van der Waals surface area contributed by atoms with Crippen LogP contribution >= 0.6 is 0 Å². The molecule has 39 heavy (non-hydrogen) atoms.